The molecule has 0 saturated heterocycles. The Morgan fingerprint density at radius 3 is 2.52 bits per heavy atom. The molecule has 0 aliphatic heterocycles. The minimum absolute atomic E-state index is 0.0216. The zero-order chi connectivity index (χ0) is 17.5. The Hall–Kier alpha value is -3.01. The molecule has 128 valence electrons. The Labute approximate surface area is 147 Å². The van der Waals surface area contributed by atoms with Crippen molar-refractivity contribution >= 4 is 22.4 Å². The Balaban J connectivity index is 1.46. The van der Waals surface area contributed by atoms with E-state index in [4.69, 9.17) is 9.47 Å². The van der Waals surface area contributed by atoms with E-state index in [1.54, 1.807) is 7.11 Å². The van der Waals surface area contributed by atoms with E-state index in [1.165, 1.54) is 0 Å². The molecule has 0 saturated carbocycles. The number of amides is 1. The van der Waals surface area contributed by atoms with Gasteiger partial charge in [-0.15, -0.1) is 0 Å². The van der Waals surface area contributed by atoms with Crippen molar-refractivity contribution < 1.29 is 14.3 Å². The number of benzene rings is 3. The maximum absolute atomic E-state index is 12.0. The van der Waals surface area contributed by atoms with E-state index in [0.29, 0.717) is 19.4 Å². The molecule has 25 heavy (non-hydrogen) atoms. The van der Waals surface area contributed by atoms with Crippen LogP contribution in [0.25, 0.3) is 10.8 Å². The molecule has 0 unspecified atom stereocenters. The lowest BCUT2D eigenvalue weighted by Gasteiger charge is -2.10. The van der Waals surface area contributed by atoms with Gasteiger partial charge in [0.25, 0.3) is 0 Å². The number of rotatable bonds is 7. The molecule has 0 aliphatic carbocycles. The number of hydrogen-bond acceptors (Lipinski definition) is 3. The lowest BCUT2D eigenvalue weighted by atomic mass is 10.1. The minimum atomic E-state index is -0.0216. The van der Waals surface area contributed by atoms with Crippen LogP contribution >= 0.6 is 0 Å². The van der Waals surface area contributed by atoms with Crippen LogP contribution in [0, 0.1) is 0 Å². The fourth-order valence-electron chi connectivity index (χ4n) is 2.63. The summed E-state index contributed by atoms with van der Waals surface area (Å²) >= 11 is 0. The molecular formula is C21H21NO3. The zero-order valence-corrected chi connectivity index (χ0v) is 14.2. The van der Waals surface area contributed by atoms with Gasteiger partial charge in [0.05, 0.1) is 13.7 Å². The summed E-state index contributed by atoms with van der Waals surface area (Å²) in [5.74, 6) is 1.60. The number of methoxy groups -OCH3 is 1. The highest BCUT2D eigenvalue weighted by Crippen LogP contribution is 2.25. The van der Waals surface area contributed by atoms with E-state index in [1.807, 2.05) is 54.6 Å². The standard InChI is InChI=1S/C21H21NO3/c1-24-18-13-11-17(12-14-18)22-21(23)10-5-15-25-20-9-4-7-16-6-2-3-8-19(16)20/h2-4,6-9,11-14H,5,10,15H2,1H3,(H,22,23). The molecule has 0 spiro atoms. The third kappa shape index (κ3) is 4.51. The van der Waals surface area contributed by atoms with Crippen LogP contribution in [-0.2, 0) is 4.79 Å². The van der Waals surface area contributed by atoms with Crippen molar-refractivity contribution in [3.63, 3.8) is 0 Å². The minimum Gasteiger partial charge on any atom is -0.497 e. The van der Waals surface area contributed by atoms with Gasteiger partial charge in [0.1, 0.15) is 11.5 Å². The Kier molecular flexibility index (Phi) is 5.52. The second-order valence-electron chi connectivity index (χ2n) is 5.71. The molecule has 0 aromatic heterocycles. The summed E-state index contributed by atoms with van der Waals surface area (Å²) < 4.78 is 11.0. The summed E-state index contributed by atoms with van der Waals surface area (Å²) in [5.41, 5.74) is 0.765. The maximum Gasteiger partial charge on any atom is 0.224 e. The number of ether oxygens (including phenoxy) is 2. The Morgan fingerprint density at radius 2 is 1.72 bits per heavy atom. The second kappa shape index (κ2) is 8.20. The number of hydrogen-bond donors (Lipinski definition) is 1. The average molecular weight is 335 g/mol. The van der Waals surface area contributed by atoms with E-state index in [9.17, 15) is 4.79 Å². The SMILES string of the molecule is COc1ccc(NC(=O)CCCOc2cccc3ccccc23)cc1. The van der Waals surface area contributed by atoms with Gasteiger partial charge in [-0.05, 0) is 42.1 Å². The van der Waals surface area contributed by atoms with Gasteiger partial charge in [-0.25, -0.2) is 0 Å². The van der Waals surface area contributed by atoms with Gasteiger partial charge in [-0.2, -0.15) is 0 Å². The van der Waals surface area contributed by atoms with Crippen molar-refractivity contribution in [2.24, 2.45) is 0 Å². The van der Waals surface area contributed by atoms with Crippen LogP contribution in [0.2, 0.25) is 0 Å². The van der Waals surface area contributed by atoms with Gasteiger partial charge < -0.3 is 14.8 Å². The van der Waals surface area contributed by atoms with Crippen LogP contribution < -0.4 is 14.8 Å². The van der Waals surface area contributed by atoms with Crippen molar-refractivity contribution in [2.75, 3.05) is 19.0 Å². The third-order valence-electron chi connectivity index (χ3n) is 3.93. The van der Waals surface area contributed by atoms with Gasteiger partial charge in [0.2, 0.25) is 5.91 Å². The van der Waals surface area contributed by atoms with E-state index in [2.05, 4.69) is 17.4 Å². The smallest absolute Gasteiger partial charge is 0.224 e. The molecule has 4 heteroatoms. The highest BCUT2D eigenvalue weighted by Gasteiger charge is 2.04. The molecule has 0 aliphatic rings. The second-order valence-corrected chi connectivity index (χ2v) is 5.71. The number of nitrogens with one attached hydrogen (secondary N) is 1. The monoisotopic (exact) mass is 335 g/mol. The highest BCUT2D eigenvalue weighted by molar-refractivity contribution is 5.90. The quantitative estimate of drug-likeness (QED) is 0.640. The molecule has 3 aromatic rings. The summed E-state index contributed by atoms with van der Waals surface area (Å²) in [6.45, 7) is 0.504. The van der Waals surface area contributed by atoms with Gasteiger partial charge in [-0.1, -0.05) is 36.4 Å². The molecule has 1 amide bonds. The Bertz CT molecular complexity index is 838. The van der Waals surface area contributed by atoms with Crippen molar-refractivity contribution in [3.05, 3.63) is 66.7 Å². The van der Waals surface area contributed by atoms with Crippen LogP contribution in [0.5, 0.6) is 11.5 Å². The van der Waals surface area contributed by atoms with E-state index in [0.717, 1.165) is 28.0 Å². The molecule has 3 aromatic carbocycles. The van der Waals surface area contributed by atoms with Crippen molar-refractivity contribution in [1.82, 2.24) is 0 Å². The molecule has 0 atom stereocenters. The highest BCUT2D eigenvalue weighted by atomic mass is 16.5. The topological polar surface area (TPSA) is 47.6 Å². The van der Waals surface area contributed by atoms with Gasteiger partial charge >= 0.3 is 0 Å². The number of anilines is 1. The summed E-state index contributed by atoms with van der Waals surface area (Å²) in [7, 11) is 1.61. The first kappa shape index (κ1) is 16.8. The summed E-state index contributed by atoms with van der Waals surface area (Å²) in [6, 6.07) is 21.4. The average Bonchev–Trinajstić information content (AvgIpc) is 2.66. The lowest BCUT2D eigenvalue weighted by molar-refractivity contribution is -0.116. The van der Waals surface area contributed by atoms with E-state index < -0.39 is 0 Å². The zero-order valence-electron chi connectivity index (χ0n) is 14.2. The van der Waals surface area contributed by atoms with Gasteiger partial charge in [-0.3, -0.25) is 4.79 Å². The largest absolute Gasteiger partial charge is 0.497 e. The molecule has 4 nitrogen and oxygen atoms in total. The van der Waals surface area contributed by atoms with Crippen LogP contribution in [-0.4, -0.2) is 19.6 Å². The predicted molar refractivity (Wildman–Crippen MR) is 100 cm³/mol. The van der Waals surface area contributed by atoms with Gasteiger partial charge in [0.15, 0.2) is 0 Å². The first-order valence-electron chi connectivity index (χ1n) is 8.31. The van der Waals surface area contributed by atoms with Gasteiger partial charge in [0, 0.05) is 17.5 Å². The normalized spacial score (nSPS) is 10.4. The van der Waals surface area contributed by atoms with Crippen LogP contribution in [0.4, 0.5) is 5.69 Å². The first-order valence-corrected chi connectivity index (χ1v) is 8.31. The molecule has 0 fully saturated rings. The molecule has 1 N–H and O–H groups in total. The van der Waals surface area contributed by atoms with Crippen molar-refractivity contribution in [2.45, 2.75) is 12.8 Å². The fourth-order valence-corrected chi connectivity index (χ4v) is 2.63. The predicted octanol–water partition coefficient (Wildman–Crippen LogP) is 4.65. The molecule has 0 radical (unpaired) electrons. The van der Waals surface area contributed by atoms with Crippen LogP contribution in [0.15, 0.2) is 66.7 Å². The number of carbonyl (C=O) groups is 1. The summed E-state index contributed by atoms with van der Waals surface area (Å²) in [5, 5.41) is 5.11. The summed E-state index contributed by atoms with van der Waals surface area (Å²) in [6.07, 6.45) is 1.07. The third-order valence-corrected chi connectivity index (χ3v) is 3.93. The molecular weight excluding hydrogens is 314 g/mol. The Morgan fingerprint density at radius 1 is 0.960 bits per heavy atom. The van der Waals surface area contributed by atoms with Crippen LogP contribution in [0.1, 0.15) is 12.8 Å². The van der Waals surface area contributed by atoms with Crippen molar-refractivity contribution in [1.29, 1.82) is 0 Å². The fraction of sp³-hybridized carbons (Fsp3) is 0.190. The number of carbonyl (C=O) groups excluding carboxylic acids is 1. The molecule has 0 bridgehead atoms. The lowest BCUT2D eigenvalue weighted by Crippen LogP contribution is -2.12. The first-order chi connectivity index (χ1) is 12.3. The maximum atomic E-state index is 12.0. The van der Waals surface area contributed by atoms with E-state index in [-0.39, 0.29) is 5.91 Å². The summed E-state index contributed by atoms with van der Waals surface area (Å²) in [4.78, 5) is 12.0. The van der Waals surface area contributed by atoms with E-state index >= 15 is 0 Å². The molecule has 3 rings (SSSR count). The molecule has 0 heterocycles. The van der Waals surface area contributed by atoms with Crippen molar-refractivity contribution in [3.8, 4) is 11.5 Å². The number of fused-ring (bicyclic) bond motifs is 1. The van der Waals surface area contributed by atoms with Crippen LogP contribution in [0.3, 0.4) is 0 Å².